The van der Waals surface area contributed by atoms with Crippen LogP contribution in [0.3, 0.4) is 0 Å². The summed E-state index contributed by atoms with van der Waals surface area (Å²) in [5, 5.41) is 4.50. The summed E-state index contributed by atoms with van der Waals surface area (Å²) in [6.45, 7) is 1.69. The Kier molecular flexibility index (Phi) is 5.49. The summed E-state index contributed by atoms with van der Waals surface area (Å²) in [4.78, 5) is 24.0. The van der Waals surface area contributed by atoms with Gasteiger partial charge in [0.05, 0.1) is 0 Å². The lowest BCUT2D eigenvalue weighted by Crippen LogP contribution is -2.41. The van der Waals surface area contributed by atoms with Gasteiger partial charge in [0, 0.05) is 0 Å². The summed E-state index contributed by atoms with van der Waals surface area (Å²) in [7, 11) is 0. The van der Waals surface area contributed by atoms with E-state index in [9.17, 15) is 9.59 Å². The molecule has 3 rings (SSSR count). The second kappa shape index (κ2) is 8.16. The number of carbonyl (C=O) groups excluding carboxylic acids is 2. The minimum atomic E-state index is -0.829. The van der Waals surface area contributed by atoms with E-state index in [-0.39, 0.29) is 6.61 Å². The fraction of sp³-hybridized carbons (Fsp3) is 0.143. The summed E-state index contributed by atoms with van der Waals surface area (Å²) in [6, 6.07) is 21.7. The van der Waals surface area contributed by atoms with Crippen molar-refractivity contribution >= 4 is 22.8 Å². The van der Waals surface area contributed by atoms with Crippen LogP contribution >= 0.6 is 0 Å². The average Bonchev–Trinajstić information content (AvgIpc) is 2.67. The molecule has 26 heavy (non-hydrogen) atoms. The van der Waals surface area contributed by atoms with Crippen LogP contribution in [0.1, 0.15) is 12.5 Å². The first kappa shape index (κ1) is 17.5. The molecule has 5 heteroatoms. The van der Waals surface area contributed by atoms with Crippen LogP contribution in [0.4, 0.5) is 4.79 Å². The number of fused-ring (bicyclic) bond motifs is 1. The van der Waals surface area contributed by atoms with Crippen molar-refractivity contribution in [2.24, 2.45) is 0 Å². The minimum Gasteiger partial charge on any atom is -0.445 e. The van der Waals surface area contributed by atoms with Crippen molar-refractivity contribution in [2.75, 3.05) is 0 Å². The molecule has 0 bridgehead atoms. The molecule has 1 atom stereocenters. The topological polar surface area (TPSA) is 64.6 Å². The Morgan fingerprint density at radius 1 is 0.923 bits per heavy atom. The van der Waals surface area contributed by atoms with Gasteiger partial charge >= 0.3 is 12.1 Å². The average molecular weight is 349 g/mol. The Labute approximate surface area is 151 Å². The number of nitrogens with one attached hydrogen (secondary N) is 1. The molecule has 132 valence electrons. The van der Waals surface area contributed by atoms with Gasteiger partial charge in [-0.05, 0) is 35.4 Å². The quantitative estimate of drug-likeness (QED) is 0.557. The highest BCUT2D eigenvalue weighted by Crippen LogP contribution is 2.20. The summed E-state index contributed by atoms with van der Waals surface area (Å²) in [5.41, 5.74) is 0.869. The number of carbonyl (C=O) groups is 2. The zero-order valence-electron chi connectivity index (χ0n) is 14.3. The Morgan fingerprint density at radius 2 is 1.62 bits per heavy atom. The number of ether oxygens (including phenoxy) is 2. The third kappa shape index (κ3) is 4.60. The van der Waals surface area contributed by atoms with E-state index in [1.807, 2.05) is 60.7 Å². The SMILES string of the molecule is CC(NC(=O)OCc1ccccc1)C(=O)Oc1ccc2ccccc2c1. The van der Waals surface area contributed by atoms with Crippen LogP contribution in [0, 0.1) is 0 Å². The first-order valence-electron chi connectivity index (χ1n) is 8.29. The summed E-state index contributed by atoms with van der Waals surface area (Å²) >= 11 is 0. The highest BCUT2D eigenvalue weighted by atomic mass is 16.6. The number of amides is 1. The maximum Gasteiger partial charge on any atom is 0.408 e. The predicted octanol–water partition coefficient (Wildman–Crippen LogP) is 4.06. The molecule has 1 N–H and O–H groups in total. The standard InChI is InChI=1S/C21H19NO4/c1-15(22-21(24)25-14-16-7-3-2-4-8-16)20(23)26-19-12-11-17-9-5-6-10-18(17)13-19/h2-13,15H,14H2,1H3,(H,22,24). The van der Waals surface area contributed by atoms with E-state index in [1.165, 1.54) is 0 Å². The first-order valence-corrected chi connectivity index (χ1v) is 8.29. The molecule has 3 aromatic rings. The molecule has 1 amide bonds. The molecule has 0 spiro atoms. The van der Waals surface area contributed by atoms with Gasteiger partial charge in [-0.3, -0.25) is 0 Å². The monoisotopic (exact) mass is 349 g/mol. The molecule has 1 unspecified atom stereocenters. The van der Waals surface area contributed by atoms with Crippen molar-refractivity contribution in [3.63, 3.8) is 0 Å². The van der Waals surface area contributed by atoms with E-state index in [0.29, 0.717) is 5.75 Å². The van der Waals surface area contributed by atoms with E-state index in [4.69, 9.17) is 9.47 Å². The number of hydrogen-bond donors (Lipinski definition) is 1. The third-order valence-corrected chi connectivity index (χ3v) is 3.84. The first-order chi connectivity index (χ1) is 12.6. The Hall–Kier alpha value is -3.34. The molecule has 5 nitrogen and oxygen atoms in total. The number of benzene rings is 3. The zero-order valence-corrected chi connectivity index (χ0v) is 14.3. The summed E-state index contributed by atoms with van der Waals surface area (Å²) in [6.07, 6.45) is -0.670. The van der Waals surface area contributed by atoms with Crippen LogP contribution in [0.2, 0.25) is 0 Å². The van der Waals surface area contributed by atoms with Crippen molar-refractivity contribution in [2.45, 2.75) is 19.6 Å². The van der Waals surface area contributed by atoms with Crippen LogP contribution < -0.4 is 10.1 Å². The van der Waals surface area contributed by atoms with Gasteiger partial charge in [-0.25, -0.2) is 9.59 Å². The number of alkyl carbamates (subject to hydrolysis) is 1. The van der Waals surface area contributed by atoms with Crippen LogP contribution in [0.5, 0.6) is 5.75 Å². The summed E-state index contributed by atoms with van der Waals surface area (Å²) in [5.74, 6) is -0.128. The van der Waals surface area contributed by atoms with Gasteiger partial charge in [0.25, 0.3) is 0 Å². The number of rotatable bonds is 5. The van der Waals surface area contributed by atoms with E-state index < -0.39 is 18.1 Å². The van der Waals surface area contributed by atoms with Gasteiger partial charge in [0.15, 0.2) is 0 Å². The number of esters is 1. The molecule has 0 aliphatic heterocycles. The van der Waals surface area contributed by atoms with Crippen LogP contribution in [-0.2, 0) is 16.1 Å². The van der Waals surface area contributed by atoms with Gasteiger partial charge < -0.3 is 14.8 Å². The van der Waals surface area contributed by atoms with Crippen molar-refractivity contribution in [3.8, 4) is 5.75 Å². The normalized spacial score (nSPS) is 11.6. The van der Waals surface area contributed by atoms with E-state index >= 15 is 0 Å². The van der Waals surface area contributed by atoms with Gasteiger partial charge in [0.1, 0.15) is 18.4 Å². The molecule has 0 aliphatic carbocycles. The lowest BCUT2D eigenvalue weighted by Gasteiger charge is -2.13. The minimum absolute atomic E-state index is 0.138. The van der Waals surface area contributed by atoms with Crippen molar-refractivity contribution in [3.05, 3.63) is 78.4 Å². The van der Waals surface area contributed by atoms with Crippen molar-refractivity contribution < 1.29 is 19.1 Å². The summed E-state index contributed by atoms with van der Waals surface area (Å²) < 4.78 is 10.4. The zero-order chi connectivity index (χ0) is 18.4. The lowest BCUT2D eigenvalue weighted by atomic mass is 10.1. The van der Waals surface area contributed by atoms with Crippen LogP contribution in [0.15, 0.2) is 72.8 Å². The Morgan fingerprint density at radius 3 is 2.38 bits per heavy atom. The Bertz CT molecular complexity index is 908. The molecule has 0 aliphatic rings. The predicted molar refractivity (Wildman–Crippen MR) is 98.8 cm³/mol. The lowest BCUT2D eigenvalue weighted by molar-refractivity contribution is -0.136. The molecule has 0 saturated carbocycles. The Balaban J connectivity index is 1.52. The highest BCUT2D eigenvalue weighted by Gasteiger charge is 2.18. The molecule has 0 aromatic heterocycles. The second-order valence-electron chi connectivity index (χ2n) is 5.86. The number of hydrogen-bond acceptors (Lipinski definition) is 4. The van der Waals surface area contributed by atoms with Crippen molar-refractivity contribution in [1.82, 2.24) is 5.32 Å². The molecule has 0 radical (unpaired) electrons. The maximum absolute atomic E-state index is 12.2. The van der Waals surface area contributed by atoms with E-state index in [1.54, 1.807) is 19.1 Å². The smallest absolute Gasteiger partial charge is 0.408 e. The van der Waals surface area contributed by atoms with Gasteiger partial charge in [-0.2, -0.15) is 0 Å². The van der Waals surface area contributed by atoms with Crippen LogP contribution in [0.25, 0.3) is 10.8 Å². The van der Waals surface area contributed by atoms with Crippen LogP contribution in [-0.4, -0.2) is 18.1 Å². The fourth-order valence-electron chi connectivity index (χ4n) is 2.44. The molecule has 0 saturated heterocycles. The molecule has 0 heterocycles. The van der Waals surface area contributed by atoms with Gasteiger partial charge in [-0.1, -0.05) is 60.7 Å². The van der Waals surface area contributed by atoms with E-state index in [0.717, 1.165) is 16.3 Å². The highest BCUT2D eigenvalue weighted by molar-refractivity contribution is 5.86. The molecule has 3 aromatic carbocycles. The second-order valence-corrected chi connectivity index (χ2v) is 5.86. The van der Waals surface area contributed by atoms with Gasteiger partial charge in [0.2, 0.25) is 0 Å². The molecule has 0 fully saturated rings. The maximum atomic E-state index is 12.2. The third-order valence-electron chi connectivity index (χ3n) is 3.84. The van der Waals surface area contributed by atoms with Gasteiger partial charge in [-0.15, -0.1) is 0 Å². The van der Waals surface area contributed by atoms with E-state index in [2.05, 4.69) is 5.32 Å². The fourth-order valence-corrected chi connectivity index (χ4v) is 2.44. The molecular formula is C21H19NO4. The molecular weight excluding hydrogens is 330 g/mol. The largest absolute Gasteiger partial charge is 0.445 e. The van der Waals surface area contributed by atoms with Crippen molar-refractivity contribution in [1.29, 1.82) is 0 Å².